The van der Waals surface area contributed by atoms with Gasteiger partial charge in [-0.25, -0.2) is 43.1 Å². The van der Waals surface area contributed by atoms with Gasteiger partial charge in [-0.15, -0.1) is 18.0 Å². The van der Waals surface area contributed by atoms with E-state index in [1.165, 1.54) is 43.7 Å². The molecule has 0 spiro atoms. The molecule has 0 aliphatic carbocycles. The summed E-state index contributed by atoms with van der Waals surface area (Å²) in [4.78, 5) is 30.5. The third-order valence-corrected chi connectivity index (χ3v) is 12.7. The maximum Gasteiger partial charge on any atom is 0.234 e. The summed E-state index contributed by atoms with van der Waals surface area (Å²) >= 11 is 17.5. The second kappa shape index (κ2) is 36.8. The van der Waals surface area contributed by atoms with Crippen LogP contribution >= 0.6 is 55.1 Å². The van der Waals surface area contributed by atoms with Crippen LogP contribution in [-0.2, 0) is 18.4 Å². The Labute approximate surface area is 522 Å². The summed E-state index contributed by atoms with van der Waals surface area (Å²) in [5, 5.41) is 29.8. The van der Waals surface area contributed by atoms with Crippen molar-refractivity contribution in [1.82, 2.24) is 34.8 Å². The Morgan fingerprint density at radius 3 is 1.56 bits per heavy atom. The van der Waals surface area contributed by atoms with Gasteiger partial charge >= 0.3 is 0 Å². The van der Waals surface area contributed by atoms with E-state index >= 15 is 0 Å². The zero-order chi connectivity index (χ0) is 62.3. The van der Waals surface area contributed by atoms with Gasteiger partial charge in [0.05, 0.1) is 12.4 Å². The first-order valence-electron chi connectivity index (χ1n) is 26.8. The SMILES string of the molecule is C#CCO.CC(C)(C)CN(Cc1ccc(C#CCCl)cc1F)c1ccnc(C#N)n1.CC(C)(C)CN(Cc1ccc(C#CCN2CCCCC2)cc1F)c1ccnc(C#N)n1.CC(C)(C)CNc1ccnc(Cl)n1.Fc1cc(Br)ccc1CBr. The maximum atomic E-state index is 14.9. The van der Waals surface area contributed by atoms with Gasteiger partial charge in [-0.3, -0.25) is 4.90 Å². The number of halogens is 7. The first kappa shape index (κ1) is 71.5. The molecule has 0 bridgehead atoms. The number of hydrogen-bond acceptors (Lipinski definition) is 13. The van der Waals surface area contributed by atoms with Crippen molar-refractivity contribution in [1.29, 1.82) is 10.5 Å². The minimum atomic E-state index is -0.333. The second-order valence-electron chi connectivity index (χ2n) is 22.6. The molecule has 6 aromatic rings. The molecule has 1 aliphatic heterocycles. The molecule has 20 heteroatoms. The van der Waals surface area contributed by atoms with E-state index in [2.05, 4.69) is 164 Å². The topological polar surface area (TPSA) is 167 Å². The lowest BCUT2D eigenvalue weighted by atomic mass is 9.95. The van der Waals surface area contributed by atoms with Gasteiger partial charge < -0.3 is 20.2 Å². The number of aliphatic hydroxyl groups is 1. The maximum absolute atomic E-state index is 14.9. The number of likely N-dealkylation sites (tertiary alicyclic amines) is 1. The van der Waals surface area contributed by atoms with Crippen molar-refractivity contribution < 1.29 is 18.3 Å². The van der Waals surface area contributed by atoms with Crippen LogP contribution in [0.5, 0.6) is 0 Å². The fourth-order valence-corrected chi connectivity index (χ4v) is 8.58. The number of piperidine rings is 1. The Morgan fingerprint density at radius 1 is 0.667 bits per heavy atom. The minimum absolute atomic E-state index is 0.0336. The van der Waals surface area contributed by atoms with Crippen molar-refractivity contribution >= 4 is 72.5 Å². The van der Waals surface area contributed by atoms with E-state index in [9.17, 15) is 13.2 Å². The predicted octanol–water partition coefficient (Wildman–Crippen LogP) is 14.2. The summed E-state index contributed by atoms with van der Waals surface area (Å²) in [6, 6.07) is 24.3. The number of anilines is 3. The van der Waals surface area contributed by atoms with E-state index in [1.807, 2.05) is 40.0 Å². The number of aromatic nitrogens is 6. The van der Waals surface area contributed by atoms with E-state index < -0.39 is 0 Å². The minimum Gasteiger partial charge on any atom is -0.384 e. The smallest absolute Gasteiger partial charge is 0.234 e. The highest BCUT2D eigenvalue weighted by Crippen LogP contribution is 2.26. The third kappa shape index (κ3) is 29.1. The van der Waals surface area contributed by atoms with Crippen LogP contribution in [0.25, 0.3) is 0 Å². The lowest BCUT2D eigenvalue weighted by Crippen LogP contribution is -2.33. The molecule has 0 atom stereocenters. The van der Waals surface area contributed by atoms with Gasteiger partial charge in [0.1, 0.15) is 53.7 Å². The van der Waals surface area contributed by atoms with E-state index in [0.717, 1.165) is 36.5 Å². The van der Waals surface area contributed by atoms with Crippen molar-refractivity contribution in [3.8, 4) is 48.2 Å². The highest BCUT2D eigenvalue weighted by molar-refractivity contribution is 9.10. The van der Waals surface area contributed by atoms with Gasteiger partial charge in [0, 0.05) is 83.4 Å². The summed E-state index contributed by atoms with van der Waals surface area (Å²) in [7, 11) is 0. The number of nitriles is 2. The van der Waals surface area contributed by atoms with Crippen LogP contribution in [0.2, 0.25) is 5.28 Å². The number of nitrogens with zero attached hydrogens (tertiary/aromatic N) is 11. The molecule has 0 amide bonds. The number of aliphatic hydroxyl groups excluding tert-OH is 1. The highest BCUT2D eigenvalue weighted by Gasteiger charge is 2.22. The zero-order valence-corrected chi connectivity index (χ0v) is 53.8. The Bertz CT molecular complexity index is 3290. The summed E-state index contributed by atoms with van der Waals surface area (Å²) in [6.07, 6.45) is 13.0. The Balaban J connectivity index is 0.000000310. The fraction of sp³-hybridized carbons (Fsp3) is 0.406. The number of rotatable bonds is 12. The van der Waals surface area contributed by atoms with Crippen LogP contribution in [0.3, 0.4) is 0 Å². The molecule has 0 unspecified atom stereocenters. The van der Waals surface area contributed by atoms with Gasteiger partial charge in [0.15, 0.2) is 0 Å². The van der Waals surface area contributed by atoms with Crippen LogP contribution in [0, 0.1) is 92.4 Å². The standard InChI is InChI=1S/C25H30FN5.C20H20ClFN4.C9H14ClN3.C7H5Br2F.C3H4O/c1-25(2,3)19-31(24-11-12-28-23(17-27)29-24)18-21-10-9-20(16-22(21)26)8-7-15-30-13-5-4-6-14-30;1-20(2,3)14-26(19-8-10-24-18(12-23)25-19)13-16-7-6-15(5-4-9-21)11-17(16)22;1-9(2,3)6-12-7-4-5-11-8(10)13-7;8-4-5-1-2-6(9)3-7(5)10;1-2-3-4/h9-12,16H,4-6,13-15,18-19H2,1-3H3;6-8,10-11H,9,13-14H2,1-3H3;4-5H,6H2,1-3H3,(H,11,12,13);1-3H,4H2;1,4H,3H2. The van der Waals surface area contributed by atoms with E-state index in [0.29, 0.717) is 71.0 Å². The Hall–Kier alpha value is -6.79. The summed E-state index contributed by atoms with van der Waals surface area (Å²) < 4.78 is 43.0. The summed E-state index contributed by atoms with van der Waals surface area (Å²) in [5.74, 6) is 15.4. The largest absolute Gasteiger partial charge is 0.384 e. The molecule has 0 saturated carbocycles. The first-order valence-corrected chi connectivity index (χ1v) is 29.7. The highest BCUT2D eigenvalue weighted by atomic mass is 79.9. The lowest BCUT2D eigenvalue weighted by molar-refractivity contribution is 0.255. The van der Waals surface area contributed by atoms with Gasteiger partial charge in [0.25, 0.3) is 0 Å². The van der Waals surface area contributed by atoms with Crippen LogP contribution < -0.4 is 15.1 Å². The molecule has 4 heterocycles. The normalized spacial score (nSPS) is 11.8. The van der Waals surface area contributed by atoms with Crippen molar-refractivity contribution in [3.63, 3.8) is 0 Å². The van der Waals surface area contributed by atoms with Crippen molar-refractivity contribution in [2.75, 3.05) is 66.9 Å². The van der Waals surface area contributed by atoms with Crippen molar-refractivity contribution in [3.05, 3.63) is 158 Å². The molecule has 1 aliphatic rings. The molecule has 13 nitrogen and oxygen atoms in total. The quantitative estimate of drug-likeness (QED) is 0.0676. The van der Waals surface area contributed by atoms with E-state index in [1.54, 1.807) is 54.9 Å². The van der Waals surface area contributed by atoms with Gasteiger partial charge in [-0.05, 0) is 114 Å². The van der Waals surface area contributed by atoms with Crippen LogP contribution in [0.15, 0.2) is 95.9 Å². The molecule has 0 radical (unpaired) electrons. The van der Waals surface area contributed by atoms with Gasteiger partial charge in [-0.1, -0.05) is 148 Å². The summed E-state index contributed by atoms with van der Waals surface area (Å²) in [6.45, 7) is 24.7. The number of hydrogen-bond donors (Lipinski definition) is 2. The zero-order valence-electron chi connectivity index (χ0n) is 49.1. The molecular weight excluding hydrogens is 1240 g/mol. The second-order valence-corrected chi connectivity index (χ2v) is 24.7. The average Bonchev–Trinajstić information content (AvgIpc) is 3.51. The Kier molecular flexibility index (Phi) is 31.3. The van der Waals surface area contributed by atoms with Gasteiger partial charge in [0.2, 0.25) is 16.9 Å². The monoisotopic (exact) mass is 1310 g/mol. The van der Waals surface area contributed by atoms with Crippen LogP contribution in [0.4, 0.5) is 30.6 Å². The molecule has 3 aromatic heterocycles. The van der Waals surface area contributed by atoms with Crippen LogP contribution in [-0.4, -0.2) is 91.7 Å². The van der Waals surface area contributed by atoms with E-state index in [4.69, 9.17) is 38.8 Å². The predicted molar refractivity (Wildman–Crippen MR) is 340 cm³/mol. The molecule has 84 heavy (non-hydrogen) atoms. The van der Waals surface area contributed by atoms with Crippen molar-refractivity contribution in [2.45, 2.75) is 100.0 Å². The number of terminal acetylenes is 1. The molecule has 2 N–H and O–H groups in total. The molecule has 1 saturated heterocycles. The third-order valence-electron chi connectivity index (χ3n) is 11.2. The number of nitrogens with one attached hydrogen (secondary N) is 1. The molecule has 1 fully saturated rings. The fourth-order valence-electron chi connectivity index (χ4n) is 7.58. The first-order chi connectivity index (χ1) is 39.8. The van der Waals surface area contributed by atoms with Gasteiger partial charge in [-0.2, -0.15) is 10.5 Å². The molecule has 7 rings (SSSR count). The average molecular weight is 1310 g/mol. The molecule has 3 aromatic carbocycles. The number of benzene rings is 3. The lowest BCUT2D eigenvalue weighted by Gasteiger charge is -2.31. The van der Waals surface area contributed by atoms with Crippen molar-refractivity contribution in [2.24, 2.45) is 16.2 Å². The van der Waals surface area contributed by atoms with E-state index in [-0.39, 0.29) is 63.1 Å². The van der Waals surface area contributed by atoms with Crippen LogP contribution in [0.1, 0.15) is 121 Å². The Morgan fingerprint density at radius 2 is 1.14 bits per heavy atom. The number of alkyl halides is 2. The summed E-state index contributed by atoms with van der Waals surface area (Å²) in [5.41, 5.74) is 3.22. The molecule has 444 valence electrons. The molecular formula is C64H73Br2Cl2F3N12O.